The predicted octanol–water partition coefficient (Wildman–Crippen LogP) is 4.73. The number of likely N-dealkylation sites (tertiary alicyclic amines) is 1. The SMILES string of the molecule is CC.CNc1cccc2c1N(CC=O)C1CCN(CCCC(=O)c3ccc(F)cc3)CC21. The van der Waals surface area contributed by atoms with E-state index < -0.39 is 0 Å². The van der Waals surface area contributed by atoms with Crippen LogP contribution in [0.15, 0.2) is 42.5 Å². The highest BCUT2D eigenvalue weighted by Gasteiger charge is 2.42. The summed E-state index contributed by atoms with van der Waals surface area (Å²) in [4.78, 5) is 28.4. The first-order valence-electron chi connectivity index (χ1n) is 11.6. The summed E-state index contributed by atoms with van der Waals surface area (Å²) in [6.45, 7) is 7.18. The van der Waals surface area contributed by atoms with Crippen molar-refractivity contribution in [1.82, 2.24) is 4.90 Å². The number of benzene rings is 2. The van der Waals surface area contributed by atoms with Crippen LogP contribution in [-0.2, 0) is 4.79 Å². The fraction of sp³-hybridized carbons (Fsp3) is 0.462. The number of nitrogens with one attached hydrogen (secondary N) is 1. The van der Waals surface area contributed by atoms with E-state index in [4.69, 9.17) is 0 Å². The van der Waals surface area contributed by atoms with Gasteiger partial charge in [0.15, 0.2) is 5.78 Å². The topological polar surface area (TPSA) is 52.7 Å². The number of halogens is 1. The lowest BCUT2D eigenvalue weighted by Gasteiger charge is -2.38. The number of hydrogen-bond acceptors (Lipinski definition) is 5. The highest BCUT2D eigenvalue weighted by molar-refractivity contribution is 5.95. The molecule has 2 aliphatic heterocycles. The van der Waals surface area contributed by atoms with Gasteiger partial charge in [0, 0.05) is 44.1 Å². The van der Waals surface area contributed by atoms with Crippen molar-refractivity contribution in [1.29, 1.82) is 0 Å². The number of carbonyl (C=O) groups excluding carboxylic acids is 2. The van der Waals surface area contributed by atoms with Crippen LogP contribution in [0.25, 0.3) is 0 Å². The molecule has 0 spiro atoms. The van der Waals surface area contributed by atoms with Crippen LogP contribution in [0, 0.1) is 5.82 Å². The normalized spacial score (nSPS) is 19.4. The molecule has 2 aliphatic rings. The number of fused-ring (bicyclic) bond motifs is 3. The maximum Gasteiger partial charge on any atom is 0.162 e. The molecule has 0 saturated carbocycles. The lowest BCUT2D eigenvalue weighted by atomic mass is 9.88. The summed E-state index contributed by atoms with van der Waals surface area (Å²) in [6.07, 6.45) is 3.25. The van der Waals surface area contributed by atoms with Gasteiger partial charge in [0.25, 0.3) is 0 Å². The van der Waals surface area contributed by atoms with E-state index in [1.165, 1.54) is 17.7 Å². The Labute approximate surface area is 190 Å². The fourth-order valence-corrected chi connectivity index (χ4v) is 4.99. The van der Waals surface area contributed by atoms with Gasteiger partial charge in [-0.2, -0.15) is 0 Å². The molecule has 2 heterocycles. The van der Waals surface area contributed by atoms with Gasteiger partial charge in [-0.25, -0.2) is 4.39 Å². The number of piperidine rings is 1. The van der Waals surface area contributed by atoms with E-state index >= 15 is 0 Å². The summed E-state index contributed by atoms with van der Waals surface area (Å²) >= 11 is 0. The molecule has 1 saturated heterocycles. The second-order valence-electron chi connectivity index (χ2n) is 8.11. The van der Waals surface area contributed by atoms with Crippen molar-refractivity contribution in [2.24, 2.45) is 0 Å². The minimum absolute atomic E-state index is 0.0620. The van der Waals surface area contributed by atoms with Gasteiger partial charge >= 0.3 is 0 Å². The van der Waals surface area contributed by atoms with E-state index in [2.05, 4.69) is 33.3 Å². The molecule has 2 unspecified atom stereocenters. The lowest BCUT2D eigenvalue weighted by Crippen LogP contribution is -2.47. The number of rotatable bonds is 8. The highest BCUT2D eigenvalue weighted by Crippen LogP contribution is 2.47. The van der Waals surface area contributed by atoms with Gasteiger partial charge in [-0.1, -0.05) is 26.0 Å². The van der Waals surface area contributed by atoms with Crippen molar-refractivity contribution in [3.05, 3.63) is 59.4 Å². The number of anilines is 2. The summed E-state index contributed by atoms with van der Waals surface area (Å²) in [5, 5.41) is 3.27. The molecule has 5 nitrogen and oxygen atoms in total. The molecule has 0 radical (unpaired) electrons. The van der Waals surface area contributed by atoms with Gasteiger partial charge in [-0.3, -0.25) is 4.79 Å². The Hall–Kier alpha value is -2.73. The van der Waals surface area contributed by atoms with Crippen LogP contribution >= 0.6 is 0 Å². The molecule has 0 amide bonds. The van der Waals surface area contributed by atoms with Crippen LogP contribution in [-0.4, -0.2) is 56.2 Å². The Morgan fingerprint density at radius 1 is 1.19 bits per heavy atom. The van der Waals surface area contributed by atoms with E-state index in [0.717, 1.165) is 50.1 Å². The molecule has 2 aromatic carbocycles. The monoisotopic (exact) mass is 439 g/mol. The first-order valence-corrected chi connectivity index (χ1v) is 11.6. The maximum atomic E-state index is 13.0. The van der Waals surface area contributed by atoms with Crippen molar-refractivity contribution in [3.63, 3.8) is 0 Å². The zero-order chi connectivity index (χ0) is 23.1. The van der Waals surface area contributed by atoms with Gasteiger partial charge in [0.1, 0.15) is 12.1 Å². The zero-order valence-corrected chi connectivity index (χ0v) is 19.3. The average molecular weight is 440 g/mol. The van der Waals surface area contributed by atoms with Crippen LogP contribution in [0.4, 0.5) is 15.8 Å². The van der Waals surface area contributed by atoms with Gasteiger partial charge in [-0.05, 0) is 55.3 Å². The summed E-state index contributed by atoms with van der Waals surface area (Å²) in [7, 11) is 1.92. The third-order valence-corrected chi connectivity index (χ3v) is 6.40. The first kappa shape index (κ1) is 23.9. The zero-order valence-electron chi connectivity index (χ0n) is 19.3. The molecule has 172 valence electrons. The Bertz CT molecular complexity index is 916. The van der Waals surface area contributed by atoms with Crippen LogP contribution in [0.5, 0.6) is 0 Å². The largest absolute Gasteiger partial charge is 0.386 e. The second kappa shape index (κ2) is 11.2. The quantitative estimate of drug-likeness (QED) is 0.476. The molecule has 4 rings (SSSR count). The molecule has 32 heavy (non-hydrogen) atoms. The number of ketones is 1. The van der Waals surface area contributed by atoms with Gasteiger partial charge in [-0.15, -0.1) is 0 Å². The molecule has 1 N–H and O–H groups in total. The van der Waals surface area contributed by atoms with Crippen LogP contribution in [0.2, 0.25) is 0 Å². The number of aldehydes is 1. The van der Waals surface area contributed by atoms with E-state index in [1.807, 2.05) is 20.9 Å². The Morgan fingerprint density at radius 2 is 1.94 bits per heavy atom. The smallest absolute Gasteiger partial charge is 0.162 e. The molecule has 1 fully saturated rings. The number of hydrogen-bond donors (Lipinski definition) is 1. The van der Waals surface area contributed by atoms with Crippen molar-refractivity contribution in [2.75, 3.05) is 43.4 Å². The summed E-state index contributed by atoms with van der Waals surface area (Å²) in [5.41, 5.74) is 4.11. The van der Waals surface area contributed by atoms with E-state index in [9.17, 15) is 14.0 Å². The van der Waals surface area contributed by atoms with E-state index in [-0.39, 0.29) is 11.6 Å². The van der Waals surface area contributed by atoms with Crippen molar-refractivity contribution >= 4 is 23.4 Å². The molecular weight excluding hydrogens is 405 g/mol. The number of para-hydroxylation sites is 1. The van der Waals surface area contributed by atoms with Crippen LogP contribution < -0.4 is 10.2 Å². The third-order valence-electron chi connectivity index (χ3n) is 6.40. The van der Waals surface area contributed by atoms with Crippen molar-refractivity contribution in [2.45, 2.75) is 45.1 Å². The average Bonchev–Trinajstić information content (AvgIpc) is 3.14. The van der Waals surface area contributed by atoms with Crippen LogP contribution in [0.3, 0.4) is 0 Å². The molecule has 0 aliphatic carbocycles. The number of Topliss-reactive ketones (excluding diaryl/α,β-unsaturated/α-hetero) is 1. The van der Waals surface area contributed by atoms with Gasteiger partial charge in [0.2, 0.25) is 0 Å². The minimum atomic E-state index is -0.323. The van der Waals surface area contributed by atoms with E-state index in [1.54, 1.807) is 12.1 Å². The molecule has 0 bridgehead atoms. The molecule has 6 heteroatoms. The van der Waals surface area contributed by atoms with E-state index in [0.29, 0.717) is 30.5 Å². The minimum Gasteiger partial charge on any atom is -0.386 e. The molecular formula is C26H34FN3O2. The van der Waals surface area contributed by atoms with Crippen molar-refractivity contribution < 1.29 is 14.0 Å². The summed E-state index contributed by atoms with van der Waals surface area (Å²) in [5.74, 6) is 0.109. The summed E-state index contributed by atoms with van der Waals surface area (Å²) in [6, 6.07) is 12.4. The Balaban J connectivity index is 0.00000141. The number of nitrogens with zero attached hydrogens (tertiary/aromatic N) is 2. The molecule has 2 aromatic rings. The van der Waals surface area contributed by atoms with Crippen molar-refractivity contribution in [3.8, 4) is 0 Å². The lowest BCUT2D eigenvalue weighted by molar-refractivity contribution is -0.106. The predicted molar refractivity (Wildman–Crippen MR) is 128 cm³/mol. The van der Waals surface area contributed by atoms with Gasteiger partial charge in [0.05, 0.1) is 17.9 Å². The number of carbonyl (C=O) groups is 2. The molecule has 0 aromatic heterocycles. The standard InChI is InChI=1S/C24H28FN3O2.C2H6/c1-26-21-5-2-4-19-20-16-27(13-11-22(20)28(14-15-29)24(19)21)12-3-6-23(30)17-7-9-18(25)10-8-17;1-2/h2,4-5,7-10,15,20,22,26H,3,6,11-14,16H2,1H3;1-2H3. The summed E-state index contributed by atoms with van der Waals surface area (Å²) < 4.78 is 13.0. The van der Waals surface area contributed by atoms with Gasteiger partial charge < -0.3 is 19.9 Å². The molecule has 2 atom stereocenters. The first-order chi connectivity index (χ1) is 15.6. The van der Waals surface area contributed by atoms with Crippen LogP contribution in [0.1, 0.15) is 54.9 Å². The second-order valence-corrected chi connectivity index (χ2v) is 8.11. The maximum absolute atomic E-state index is 13.0. The highest BCUT2D eigenvalue weighted by atomic mass is 19.1. The fourth-order valence-electron chi connectivity index (χ4n) is 4.99. The Kier molecular flexibility index (Phi) is 8.39. The Morgan fingerprint density at radius 3 is 2.62 bits per heavy atom. The third kappa shape index (κ3) is 5.01.